The third-order valence-electron chi connectivity index (χ3n) is 2.68. The standard InChI is InChI=1S/C14H15ClO4/c1-8-7-10(15)9(2)13(14(8)19-4)11(16)5-6-12(17)18-3/h5-7H,1-4H3/b6-5+. The topological polar surface area (TPSA) is 52.6 Å². The van der Waals surface area contributed by atoms with Crippen LogP contribution in [0.3, 0.4) is 0 Å². The van der Waals surface area contributed by atoms with Gasteiger partial charge in [-0.3, -0.25) is 4.79 Å². The molecule has 0 radical (unpaired) electrons. The van der Waals surface area contributed by atoms with Crippen LogP contribution in [0.4, 0.5) is 0 Å². The van der Waals surface area contributed by atoms with Crippen LogP contribution in [0.5, 0.6) is 5.75 Å². The highest BCUT2D eigenvalue weighted by atomic mass is 35.5. The van der Waals surface area contributed by atoms with Gasteiger partial charge in [-0.05, 0) is 37.1 Å². The maximum absolute atomic E-state index is 12.1. The van der Waals surface area contributed by atoms with Crippen LogP contribution in [0.15, 0.2) is 18.2 Å². The lowest BCUT2D eigenvalue weighted by atomic mass is 9.99. The molecule has 1 rings (SSSR count). The number of ketones is 1. The van der Waals surface area contributed by atoms with Crippen molar-refractivity contribution in [2.75, 3.05) is 14.2 Å². The molecule has 5 heteroatoms. The fraction of sp³-hybridized carbons (Fsp3) is 0.286. The van der Waals surface area contributed by atoms with Crippen LogP contribution < -0.4 is 4.74 Å². The molecule has 0 fully saturated rings. The zero-order valence-electron chi connectivity index (χ0n) is 11.2. The van der Waals surface area contributed by atoms with Crippen LogP contribution in [0.2, 0.25) is 5.02 Å². The molecule has 0 saturated carbocycles. The Morgan fingerprint density at radius 1 is 1.21 bits per heavy atom. The second-order valence-electron chi connectivity index (χ2n) is 3.93. The van der Waals surface area contributed by atoms with Gasteiger partial charge in [-0.15, -0.1) is 0 Å². The van der Waals surface area contributed by atoms with Crippen molar-refractivity contribution in [2.45, 2.75) is 13.8 Å². The molecule has 1 aromatic carbocycles. The van der Waals surface area contributed by atoms with E-state index in [1.54, 1.807) is 19.9 Å². The van der Waals surface area contributed by atoms with Gasteiger partial charge in [0.25, 0.3) is 0 Å². The molecule has 102 valence electrons. The number of carbonyl (C=O) groups excluding carboxylic acids is 2. The van der Waals surface area contributed by atoms with Crippen LogP contribution >= 0.6 is 11.6 Å². The summed E-state index contributed by atoms with van der Waals surface area (Å²) in [7, 11) is 2.73. The Balaban J connectivity index is 3.29. The van der Waals surface area contributed by atoms with Gasteiger partial charge in [0.1, 0.15) is 5.75 Å². The van der Waals surface area contributed by atoms with E-state index in [-0.39, 0.29) is 5.78 Å². The molecule has 4 nitrogen and oxygen atoms in total. The first-order valence-corrected chi connectivity index (χ1v) is 5.94. The summed E-state index contributed by atoms with van der Waals surface area (Å²) in [5, 5.41) is 0.480. The van der Waals surface area contributed by atoms with Gasteiger partial charge < -0.3 is 9.47 Å². The fourth-order valence-electron chi connectivity index (χ4n) is 1.71. The molecule has 0 heterocycles. The Bertz CT molecular complexity index is 547. The predicted octanol–water partition coefficient (Wildman–Crippen LogP) is 2.88. The van der Waals surface area contributed by atoms with Crippen molar-refractivity contribution >= 4 is 23.4 Å². The molecule has 19 heavy (non-hydrogen) atoms. The van der Waals surface area contributed by atoms with Crippen molar-refractivity contribution in [1.82, 2.24) is 0 Å². The number of hydrogen-bond donors (Lipinski definition) is 0. The largest absolute Gasteiger partial charge is 0.496 e. The van der Waals surface area contributed by atoms with Crippen molar-refractivity contribution in [3.63, 3.8) is 0 Å². The highest BCUT2D eigenvalue weighted by molar-refractivity contribution is 6.32. The average molecular weight is 283 g/mol. The van der Waals surface area contributed by atoms with Gasteiger partial charge in [0.05, 0.1) is 19.8 Å². The molecule has 0 bridgehead atoms. The molecule has 0 unspecified atom stereocenters. The van der Waals surface area contributed by atoms with E-state index >= 15 is 0 Å². The highest BCUT2D eigenvalue weighted by Gasteiger charge is 2.18. The van der Waals surface area contributed by atoms with Crippen LogP contribution in [-0.2, 0) is 9.53 Å². The Labute approximate surface area is 117 Å². The lowest BCUT2D eigenvalue weighted by Crippen LogP contribution is -2.05. The number of halogens is 1. The van der Waals surface area contributed by atoms with Gasteiger partial charge in [-0.1, -0.05) is 11.6 Å². The van der Waals surface area contributed by atoms with E-state index in [0.717, 1.165) is 17.7 Å². The summed E-state index contributed by atoms with van der Waals surface area (Å²) in [4.78, 5) is 23.1. The summed E-state index contributed by atoms with van der Waals surface area (Å²) in [6.07, 6.45) is 2.21. The maximum atomic E-state index is 12.1. The lowest BCUT2D eigenvalue weighted by Gasteiger charge is -2.13. The van der Waals surface area contributed by atoms with Crippen LogP contribution in [0.25, 0.3) is 0 Å². The smallest absolute Gasteiger partial charge is 0.330 e. The predicted molar refractivity (Wildman–Crippen MR) is 73.0 cm³/mol. The van der Waals surface area contributed by atoms with Crippen LogP contribution in [0, 0.1) is 13.8 Å². The minimum atomic E-state index is -0.594. The summed E-state index contributed by atoms with van der Waals surface area (Å²) in [5.74, 6) is -0.490. The number of carbonyl (C=O) groups is 2. The van der Waals surface area contributed by atoms with E-state index in [4.69, 9.17) is 16.3 Å². The fourth-order valence-corrected chi connectivity index (χ4v) is 1.96. The third kappa shape index (κ3) is 3.35. The molecular weight excluding hydrogens is 268 g/mol. The lowest BCUT2D eigenvalue weighted by molar-refractivity contribution is -0.134. The first-order chi connectivity index (χ1) is 8.92. The molecule has 1 aromatic rings. The van der Waals surface area contributed by atoms with Gasteiger partial charge >= 0.3 is 5.97 Å². The van der Waals surface area contributed by atoms with Crippen molar-refractivity contribution in [3.8, 4) is 5.75 Å². The molecule has 0 aromatic heterocycles. The Hall–Kier alpha value is -1.81. The van der Waals surface area contributed by atoms with E-state index in [2.05, 4.69) is 4.74 Å². The molecule has 0 spiro atoms. The Morgan fingerprint density at radius 3 is 2.37 bits per heavy atom. The normalized spacial score (nSPS) is 10.6. The van der Waals surface area contributed by atoms with Crippen molar-refractivity contribution in [3.05, 3.63) is 39.9 Å². The molecule has 0 aliphatic carbocycles. The maximum Gasteiger partial charge on any atom is 0.330 e. The van der Waals surface area contributed by atoms with Crippen molar-refractivity contribution in [1.29, 1.82) is 0 Å². The second-order valence-corrected chi connectivity index (χ2v) is 4.34. The number of esters is 1. The molecule has 0 amide bonds. The SMILES string of the molecule is COC(=O)/C=C/C(=O)c1c(C)c(Cl)cc(C)c1OC. The van der Waals surface area contributed by atoms with Crippen molar-refractivity contribution < 1.29 is 19.1 Å². The Morgan fingerprint density at radius 2 is 1.84 bits per heavy atom. The molecule has 0 aliphatic heterocycles. The summed E-state index contributed by atoms with van der Waals surface area (Å²) in [6.45, 7) is 3.52. The summed E-state index contributed by atoms with van der Waals surface area (Å²) in [5.41, 5.74) is 1.73. The van der Waals surface area contributed by atoms with E-state index in [1.807, 2.05) is 0 Å². The van der Waals surface area contributed by atoms with E-state index < -0.39 is 5.97 Å². The van der Waals surface area contributed by atoms with Crippen LogP contribution in [-0.4, -0.2) is 26.0 Å². The van der Waals surface area contributed by atoms with Gasteiger partial charge in [0.15, 0.2) is 5.78 Å². The summed E-state index contributed by atoms with van der Waals surface area (Å²) in [6, 6.07) is 1.73. The highest BCUT2D eigenvalue weighted by Crippen LogP contribution is 2.32. The third-order valence-corrected chi connectivity index (χ3v) is 3.08. The summed E-state index contributed by atoms with van der Waals surface area (Å²) < 4.78 is 9.67. The molecule has 0 aliphatic rings. The molecule has 0 N–H and O–H groups in total. The average Bonchev–Trinajstić information content (AvgIpc) is 2.39. The number of methoxy groups -OCH3 is 2. The van der Waals surface area contributed by atoms with Gasteiger partial charge in [0, 0.05) is 11.1 Å². The number of ether oxygens (including phenoxy) is 2. The van der Waals surface area contributed by atoms with E-state index in [9.17, 15) is 9.59 Å². The number of allylic oxidation sites excluding steroid dienone is 1. The zero-order chi connectivity index (χ0) is 14.6. The quantitative estimate of drug-likeness (QED) is 0.484. The summed E-state index contributed by atoms with van der Waals surface area (Å²) >= 11 is 6.06. The van der Waals surface area contributed by atoms with Gasteiger partial charge in [-0.25, -0.2) is 4.79 Å². The Kier molecular flexibility index (Phi) is 5.12. The first kappa shape index (κ1) is 15.2. The number of hydrogen-bond acceptors (Lipinski definition) is 4. The minimum absolute atomic E-state index is 0.354. The van der Waals surface area contributed by atoms with Crippen LogP contribution in [0.1, 0.15) is 21.5 Å². The van der Waals surface area contributed by atoms with Gasteiger partial charge in [0.2, 0.25) is 0 Å². The molecule has 0 atom stereocenters. The molecule has 0 saturated heterocycles. The van der Waals surface area contributed by atoms with E-state index in [1.165, 1.54) is 14.2 Å². The molecular formula is C14H15ClO4. The zero-order valence-corrected chi connectivity index (χ0v) is 12.0. The second kappa shape index (κ2) is 6.38. The van der Waals surface area contributed by atoms with Crippen molar-refractivity contribution in [2.24, 2.45) is 0 Å². The number of benzene rings is 1. The monoisotopic (exact) mass is 282 g/mol. The number of aryl methyl sites for hydroxylation is 1. The first-order valence-electron chi connectivity index (χ1n) is 5.56. The van der Waals surface area contributed by atoms with Gasteiger partial charge in [-0.2, -0.15) is 0 Å². The minimum Gasteiger partial charge on any atom is -0.496 e. The van der Waals surface area contributed by atoms with E-state index in [0.29, 0.717) is 21.9 Å². The number of rotatable bonds is 4.